The van der Waals surface area contributed by atoms with Gasteiger partial charge in [-0.05, 0) is 42.8 Å². The molecule has 0 amide bonds. The molecule has 0 bridgehead atoms. The third kappa shape index (κ3) is 2.43. The summed E-state index contributed by atoms with van der Waals surface area (Å²) in [5.74, 6) is 0. The van der Waals surface area contributed by atoms with Gasteiger partial charge in [0.25, 0.3) is 0 Å². The summed E-state index contributed by atoms with van der Waals surface area (Å²) >= 11 is 0. The first-order chi connectivity index (χ1) is 9.22. The van der Waals surface area contributed by atoms with Crippen molar-refractivity contribution in [3.8, 4) is 17.1 Å². The predicted molar refractivity (Wildman–Crippen MR) is 79.7 cm³/mol. The van der Waals surface area contributed by atoms with Gasteiger partial charge >= 0.3 is 0 Å². The van der Waals surface area contributed by atoms with Crippen LogP contribution in [-0.4, -0.2) is 22.6 Å². The van der Waals surface area contributed by atoms with Crippen molar-refractivity contribution in [1.82, 2.24) is 14.8 Å². The van der Waals surface area contributed by atoms with Gasteiger partial charge in [-0.15, -0.1) is 0 Å². The fraction of sp³-hybridized carbons (Fsp3) is 0.0667. The molecule has 4 heteroatoms. The van der Waals surface area contributed by atoms with E-state index < -0.39 is 0 Å². The van der Waals surface area contributed by atoms with E-state index in [4.69, 9.17) is 0 Å². The van der Waals surface area contributed by atoms with Crippen LogP contribution in [0.2, 0.25) is 0 Å². The quantitative estimate of drug-likeness (QED) is 0.642. The Bertz CT molecular complexity index is 684. The summed E-state index contributed by atoms with van der Waals surface area (Å²) in [6, 6.07) is 14.2. The lowest BCUT2D eigenvalue weighted by atomic mass is 9.94. The molecule has 3 nitrogen and oxygen atoms in total. The average molecular weight is 247 g/mol. The molecule has 0 atom stereocenters. The normalized spacial score (nSPS) is 10.6. The van der Waals surface area contributed by atoms with Gasteiger partial charge in [0.05, 0.1) is 11.4 Å². The van der Waals surface area contributed by atoms with Crippen molar-refractivity contribution in [3.05, 3.63) is 60.4 Å². The monoisotopic (exact) mass is 247 g/mol. The Kier molecular flexibility index (Phi) is 2.92. The molecule has 19 heavy (non-hydrogen) atoms. The minimum Gasteiger partial charge on any atom is -0.255 e. The molecule has 0 aliphatic heterocycles. The Labute approximate surface area is 113 Å². The zero-order valence-electron chi connectivity index (χ0n) is 11.0. The molecule has 92 valence electrons. The molecular weight excluding hydrogens is 233 g/mol. The summed E-state index contributed by atoms with van der Waals surface area (Å²) in [6.07, 6.45) is 3.75. The Balaban J connectivity index is 2.02. The van der Waals surface area contributed by atoms with Gasteiger partial charge in [-0.25, -0.2) is 4.68 Å². The Morgan fingerprint density at radius 1 is 1.05 bits per heavy atom. The van der Waals surface area contributed by atoms with Crippen LogP contribution in [-0.2, 0) is 0 Å². The van der Waals surface area contributed by atoms with Crippen LogP contribution >= 0.6 is 0 Å². The highest BCUT2D eigenvalue weighted by Gasteiger charge is 2.05. The second-order valence-corrected chi connectivity index (χ2v) is 4.71. The van der Waals surface area contributed by atoms with E-state index in [1.807, 2.05) is 35.1 Å². The molecule has 0 aliphatic rings. The third-order valence-electron chi connectivity index (χ3n) is 2.99. The molecule has 3 aromatic rings. The fourth-order valence-electron chi connectivity index (χ4n) is 2.20. The number of pyridine rings is 1. The molecule has 0 saturated heterocycles. The zero-order chi connectivity index (χ0) is 13.2. The van der Waals surface area contributed by atoms with Crippen LogP contribution in [0.4, 0.5) is 0 Å². The molecule has 1 aromatic carbocycles. The molecule has 2 heterocycles. The maximum Gasteiger partial charge on any atom is 0.139 e. The second kappa shape index (κ2) is 4.73. The van der Waals surface area contributed by atoms with E-state index >= 15 is 0 Å². The summed E-state index contributed by atoms with van der Waals surface area (Å²) in [7, 11) is 2.10. The van der Waals surface area contributed by atoms with Gasteiger partial charge < -0.3 is 0 Å². The van der Waals surface area contributed by atoms with Gasteiger partial charge in [0, 0.05) is 12.4 Å². The standard InChI is InChI=1S/C15H14BN3/c1-11-8-12(16)10-13(9-11)19-7-5-15(18-19)14-4-2-3-6-17-14/h2-10H,16H2,1H3. The van der Waals surface area contributed by atoms with Crippen molar-refractivity contribution >= 4 is 13.3 Å². The van der Waals surface area contributed by atoms with Crippen LogP contribution in [0, 0.1) is 6.92 Å². The minimum atomic E-state index is 0.889. The summed E-state index contributed by atoms with van der Waals surface area (Å²) in [5, 5.41) is 4.59. The molecule has 0 N–H and O–H groups in total. The SMILES string of the molecule is Bc1cc(C)cc(-n2ccc(-c3ccccn3)n2)c1. The van der Waals surface area contributed by atoms with Gasteiger partial charge in [0.2, 0.25) is 0 Å². The van der Waals surface area contributed by atoms with E-state index in [2.05, 4.69) is 43.1 Å². The fourth-order valence-corrected chi connectivity index (χ4v) is 2.20. The second-order valence-electron chi connectivity index (χ2n) is 4.71. The van der Waals surface area contributed by atoms with Crippen molar-refractivity contribution in [2.24, 2.45) is 0 Å². The topological polar surface area (TPSA) is 30.7 Å². The lowest BCUT2D eigenvalue weighted by Gasteiger charge is -2.04. The molecule has 0 spiro atoms. The van der Waals surface area contributed by atoms with Crippen LogP contribution in [0.5, 0.6) is 0 Å². The molecular formula is C15H14BN3. The highest BCUT2D eigenvalue weighted by molar-refractivity contribution is 6.32. The molecule has 3 rings (SSSR count). The molecule has 0 fully saturated rings. The summed E-state index contributed by atoms with van der Waals surface area (Å²) < 4.78 is 1.89. The van der Waals surface area contributed by atoms with E-state index in [1.165, 1.54) is 11.0 Å². The maximum absolute atomic E-state index is 4.59. The maximum atomic E-state index is 4.59. The van der Waals surface area contributed by atoms with Gasteiger partial charge in [0.15, 0.2) is 0 Å². The molecule has 0 unspecified atom stereocenters. The van der Waals surface area contributed by atoms with E-state index in [-0.39, 0.29) is 0 Å². The van der Waals surface area contributed by atoms with Crippen molar-refractivity contribution in [2.45, 2.75) is 6.92 Å². The number of aryl methyl sites for hydroxylation is 1. The summed E-state index contributed by atoms with van der Waals surface area (Å²) in [4.78, 5) is 4.32. The number of benzene rings is 1. The van der Waals surface area contributed by atoms with Crippen LogP contribution in [0.3, 0.4) is 0 Å². The van der Waals surface area contributed by atoms with E-state index in [0.717, 1.165) is 17.1 Å². The Morgan fingerprint density at radius 3 is 2.68 bits per heavy atom. The molecule has 2 aromatic heterocycles. The van der Waals surface area contributed by atoms with Crippen molar-refractivity contribution in [1.29, 1.82) is 0 Å². The van der Waals surface area contributed by atoms with Crippen LogP contribution in [0.1, 0.15) is 5.56 Å². The lowest BCUT2D eigenvalue weighted by Crippen LogP contribution is -2.06. The van der Waals surface area contributed by atoms with Gasteiger partial charge in [0.1, 0.15) is 13.5 Å². The van der Waals surface area contributed by atoms with E-state index in [1.54, 1.807) is 6.20 Å². The average Bonchev–Trinajstić information content (AvgIpc) is 2.88. The molecule has 0 radical (unpaired) electrons. The van der Waals surface area contributed by atoms with E-state index in [0.29, 0.717) is 0 Å². The third-order valence-corrected chi connectivity index (χ3v) is 2.99. The number of aromatic nitrogens is 3. The Hall–Kier alpha value is -2.36. The van der Waals surface area contributed by atoms with Gasteiger partial charge in [-0.2, -0.15) is 5.10 Å². The Morgan fingerprint density at radius 2 is 1.95 bits per heavy atom. The number of nitrogens with zero attached hydrogens (tertiary/aromatic N) is 3. The van der Waals surface area contributed by atoms with Crippen LogP contribution in [0.25, 0.3) is 17.1 Å². The number of rotatable bonds is 2. The van der Waals surface area contributed by atoms with Crippen molar-refractivity contribution < 1.29 is 0 Å². The first-order valence-corrected chi connectivity index (χ1v) is 6.28. The minimum absolute atomic E-state index is 0.889. The number of hydrogen-bond donors (Lipinski definition) is 0. The van der Waals surface area contributed by atoms with Gasteiger partial charge in [-0.3, -0.25) is 4.98 Å². The first kappa shape index (κ1) is 11.7. The highest BCUT2D eigenvalue weighted by atomic mass is 15.3. The lowest BCUT2D eigenvalue weighted by molar-refractivity contribution is 0.882. The molecule has 0 saturated carbocycles. The smallest absolute Gasteiger partial charge is 0.139 e. The summed E-state index contributed by atoms with van der Waals surface area (Å²) in [6.45, 7) is 2.10. The van der Waals surface area contributed by atoms with Crippen LogP contribution in [0.15, 0.2) is 54.9 Å². The summed E-state index contributed by atoms with van der Waals surface area (Å²) in [5.41, 5.74) is 5.35. The predicted octanol–water partition coefficient (Wildman–Crippen LogP) is 1.50. The van der Waals surface area contributed by atoms with Crippen molar-refractivity contribution in [2.75, 3.05) is 0 Å². The molecule has 0 aliphatic carbocycles. The first-order valence-electron chi connectivity index (χ1n) is 6.28. The highest BCUT2D eigenvalue weighted by Crippen LogP contribution is 2.15. The van der Waals surface area contributed by atoms with Gasteiger partial charge in [-0.1, -0.05) is 17.6 Å². The van der Waals surface area contributed by atoms with Crippen molar-refractivity contribution in [3.63, 3.8) is 0 Å². The van der Waals surface area contributed by atoms with E-state index in [9.17, 15) is 0 Å². The zero-order valence-corrected chi connectivity index (χ0v) is 11.0. The van der Waals surface area contributed by atoms with Crippen LogP contribution < -0.4 is 5.46 Å². The largest absolute Gasteiger partial charge is 0.255 e. The number of hydrogen-bond acceptors (Lipinski definition) is 2.